The molecule has 0 aliphatic carbocycles. The Balaban J connectivity index is 0.00000392. The number of hydrogen-bond acceptors (Lipinski definition) is 4. The Morgan fingerprint density at radius 3 is 2.54 bits per heavy atom. The van der Waals surface area contributed by atoms with E-state index < -0.39 is 5.60 Å². The molecule has 3 N–H and O–H groups in total. The van der Waals surface area contributed by atoms with Crippen LogP contribution in [0.2, 0.25) is 0 Å². The topological polar surface area (TPSA) is 73.0 Å². The van der Waals surface area contributed by atoms with Gasteiger partial charge in [0.1, 0.15) is 5.76 Å². The Morgan fingerprint density at radius 1 is 1.21 bits per heavy atom. The molecule has 0 fully saturated rings. The lowest BCUT2D eigenvalue weighted by Crippen LogP contribution is -2.50. The molecule has 1 aromatic carbocycles. The van der Waals surface area contributed by atoms with E-state index in [0.717, 1.165) is 22.2 Å². The molecule has 1 heterocycles. The van der Waals surface area contributed by atoms with Gasteiger partial charge in [0.05, 0.1) is 18.4 Å². The molecule has 0 aliphatic heterocycles. The van der Waals surface area contributed by atoms with Crippen LogP contribution in [0.5, 0.6) is 0 Å². The fourth-order valence-corrected chi connectivity index (χ4v) is 2.97. The SMILES string of the molecule is CN(C)CC(C)(O)CNC(=NCc1ccc(Br)cc1)NCCc1ccco1.I. The van der Waals surface area contributed by atoms with Crippen molar-refractivity contribution in [3.63, 3.8) is 0 Å². The monoisotopic (exact) mass is 564 g/mol. The highest BCUT2D eigenvalue weighted by molar-refractivity contribution is 14.0. The average molecular weight is 565 g/mol. The van der Waals surface area contributed by atoms with E-state index in [1.54, 1.807) is 6.26 Å². The van der Waals surface area contributed by atoms with Gasteiger partial charge in [0.2, 0.25) is 0 Å². The van der Waals surface area contributed by atoms with E-state index in [0.29, 0.717) is 32.1 Å². The van der Waals surface area contributed by atoms with Gasteiger partial charge in [-0.15, -0.1) is 24.0 Å². The summed E-state index contributed by atoms with van der Waals surface area (Å²) in [4.78, 5) is 6.61. The number of furan rings is 1. The van der Waals surface area contributed by atoms with Crippen LogP contribution in [-0.4, -0.2) is 55.3 Å². The average Bonchev–Trinajstić information content (AvgIpc) is 3.10. The van der Waals surface area contributed by atoms with Crippen LogP contribution in [0.1, 0.15) is 18.2 Å². The maximum absolute atomic E-state index is 10.5. The lowest BCUT2D eigenvalue weighted by molar-refractivity contribution is 0.0377. The molecule has 2 aromatic rings. The largest absolute Gasteiger partial charge is 0.469 e. The first-order chi connectivity index (χ1) is 12.8. The van der Waals surface area contributed by atoms with E-state index in [1.807, 2.05) is 62.3 Å². The molecule has 1 atom stereocenters. The number of hydrogen-bond donors (Lipinski definition) is 3. The summed E-state index contributed by atoms with van der Waals surface area (Å²) in [7, 11) is 3.89. The van der Waals surface area contributed by atoms with Crippen molar-refractivity contribution in [3.05, 3.63) is 58.5 Å². The van der Waals surface area contributed by atoms with Crippen LogP contribution in [0.15, 0.2) is 56.5 Å². The van der Waals surface area contributed by atoms with Crippen LogP contribution in [0.3, 0.4) is 0 Å². The Morgan fingerprint density at radius 2 is 1.93 bits per heavy atom. The third-order valence-corrected chi connectivity index (χ3v) is 4.40. The second kappa shape index (κ2) is 12.5. The van der Waals surface area contributed by atoms with Gasteiger partial charge in [0.15, 0.2) is 5.96 Å². The van der Waals surface area contributed by atoms with Gasteiger partial charge >= 0.3 is 0 Å². The van der Waals surface area contributed by atoms with Gasteiger partial charge in [0, 0.05) is 30.5 Å². The number of guanidine groups is 1. The predicted molar refractivity (Wildman–Crippen MR) is 128 cm³/mol. The van der Waals surface area contributed by atoms with Crippen molar-refractivity contribution in [1.29, 1.82) is 0 Å². The molecule has 0 amide bonds. The standard InChI is InChI=1S/C20H29BrN4O2.HI/c1-20(26,15-25(2)3)14-24-19(22-11-10-18-5-4-12-27-18)23-13-16-6-8-17(21)9-7-16;/h4-9,12,26H,10-11,13-15H2,1-3H3,(H2,22,23,24);1H. The van der Waals surface area contributed by atoms with Gasteiger partial charge in [-0.2, -0.15) is 0 Å². The molecule has 156 valence electrons. The number of nitrogens with zero attached hydrogens (tertiary/aromatic N) is 2. The predicted octanol–water partition coefficient (Wildman–Crippen LogP) is 3.25. The quantitative estimate of drug-likeness (QED) is 0.248. The van der Waals surface area contributed by atoms with Gasteiger partial charge in [-0.1, -0.05) is 28.1 Å². The summed E-state index contributed by atoms with van der Waals surface area (Å²) < 4.78 is 6.41. The minimum atomic E-state index is -0.857. The van der Waals surface area contributed by atoms with E-state index in [2.05, 4.69) is 31.6 Å². The van der Waals surface area contributed by atoms with Crippen LogP contribution in [-0.2, 0) is 13.0 Å². The third-order valence-electron chi connectivity index (χ3n) is 3.87. The summed E-state index contributed by atoms with van der Waals surface area (Å²) in [5.74, 6) is 1.60. The van der Waals surface area contributed by atoms with Gasteiger partial charge in [-0.05, 0) is 50.8 Å². The number of likely N-dealkylation sites (N-methyl/N-ethyl adjacent to an activating group) is 1. The maximum atomic E-state index is 10.5. The first kappa shape index (κ1) is 24.9. The van der Waals surface area contributed by atoms with Crippen LogP contribution in [0, 0.1) is 0 Å². The van der Waals surface area contributed by atoms with Crippen molar-refractivity contribution >= 4 is 45.9 Å². The lowest BCUT2D eigenvalue weighted by Gasteiger charge is -2.28. The first-order valence-electron chi connectivity index (χ1n) is 9.00. The van der Waals surface area contributed by atoms with Gasteiger partial charge in [-0.25, -0.2) is 4.99 Å². The zero-order chi connectivity index (χ0) is 19.7. The smallest absolute Gasteiger partial charge is 0.191 e. The second-order valence-corrected chi connectivity index (χ2v) is 8.05. The number of nitrogens with one attached hydrogen (secondary N) is 2. The van der Waals surface area contributed by atoms with E-state index in [4.69, 9.17) is 4.42 Å². The molecule has 28 heavy (non-hydrogen) atoms. The minimum absolute atomic E-state index is 0. The van der Waals surface area contributed by atoms with Gasteiger partial charge < -0.3 is 25.1 Å². The fourth-order valence-electron chi connectivity index (χ4n) is 2.70. The van der Waals surface area contributed by atoms with Crippen molar-refractivity contribution < 1.29 is 9.52 Å². The minimum Gasteiger partial charge on any atom is -0.469 e. The fraction of sp³-hybridized carbons (Fsp3) is 0.450. The number of aliphatic hydroxyl groups is 1. The molecular weight excluding hydrogens is 535 g/mol. The molecule has 8 heteroatoms. The van der Waals surface area contributed by atoms with Crippen LogP contribution in [0.25, 0.3) is 0 Å². The maximum Gasteiger partial charge on any atom is 0.191 e. The highest BCUT2D eigenvalue weighted by Crippen LogP contribution is 2.11. The zero-order valence-corrected chi connectivity index (χ0v) is 20.5. The number of benzene rings is 1. The Kier molecular flexibility index (Phi) is 11.1. The molecule has 2 rings (SSSR count). The molecule has 0 radical (unpaired) electrons. The van der Waals surface area contributed by atoms with Crippen molar-refractivity contribution in [1.82, 2.24) is 15.5 Å². The number of rotatable bonds is 9. The summed E-state index contributed by atoms with van der Waals surface area (Å²) >= 11 is 3.44. The molecule has 0 bridgehead atoms. The van der Waals surface area contributed by atoms with Crippen molar-refractivity contribution in [2.24, 2.45) is 4.99 Å². The van der Waals surface area contributed by atoms with Gasteiger partial charge in [-0.3, -0.25) is 0 Å². The van der Waals surface area contributed by atoms with Crippen LogP contribution in [0.4, 0.5) is 0 Å². The van der Waals surface area contributed by atoms with Gasteiger partial charge in [0.25, 0.3) is 0 Å². The summed E-state index contributed by atoms with van der Waals surface area (Å²) in [6.07, 6.45) is 2.44. The highest BCUT2D eigenvalue weighted by Gasteiger charge is 2.21. The Labute approximate surface area is 192 Å². The number of halogens is 2. The molecule has 1 aromatic heterocycles. The second-order valence-electron chi connectivity index (χ2n) is 7.14. The molecular formula is C20H30BrIN4O2. The number of aliphatic imine (C=N–C) groups is 1. The summed E-state index contributed by atoms with van der Waals surface area (Å²) in [5, 5.41) is 17.1. The van der Waals surface area contributed by atoms with Crippen molar-refractivity contribution in [2.45, 2.75) is 25.5 Å². The molecule has 0 spiro atoms. The normalized spacial score (nSPS) is 13.7. The molecule has 0 aliphatic rings. The summed E-state index contributed by atoms with van der Waals surface area (Å²) in [6.45, 7) is 4.02. The van der Waals surface area contributed by atoms with E-state index >= 15 is 0 Å². The van der Waals surface area contributed by atoms with Crippen LogP contribution >= 0.6 is 39.9 Å². The van der Waals surface area contributed by atoms with E-state index in [-0.39, 0.29) is 24.0 Å². The highest BCUT2D eigenvalue weighted by atomic mass is 127. The zero-order valence-electron chi connectivity index (χ0n) is 16.6. The molecule has 1 unspecified atom stereocenters. The van der Waals surface area contributed by atoms with Crippen molar-refractivity contribution in [2.75, 3.05) is 33.7 Å². The molecule has 0 saturated carbocycles. The lowest BCUT2D eigenvalue weighted by atomic mass is 10.1. The molecule has 0 saturated heterocycles. The van der Waals surface area contributed by atoms with Crippen LogP contribution < -0.4 is 10.6 Å². The Bertz CT molecular complexity index is 704. The summed E-state index contributed by atoms with van der Waals surface area (Å²) in [5.41, 5.74) is 0.260. The van der Waals surface area contributed by atoms with E-state index in [1.165, 1.54) is 0 Å². The molecule has 6 nitrogen and oxygen atoms in total. The third kappa shape index (κ3) is 9.90. The first-order valence-corrected chi connectivity index (χ1v) is 9.79. The Hall–Kier alpha value is -1.10. The van der Waals surface area contributed by atoms with Crippen molar-refractivity contribution in [3.8, 4) is 0 Å². The van der Waals surface area contributed by atoms with E-state index in [9.17, 15) is 5.11 Å². The summed E-state index contributed by atoms with van der Waals surface area (Å²) in [6, 6.07) is 11.9.